The smallest absolute Gasteiger partial charge is 0.118 e. The summed E-state index contributed by atoms with van der Waals surface area (Å²) in [4.78, 5) is 6.59. The van der Waals surface area contributed by atoms with Crippen molar-refractivity contribution in [3.63, 3.8) is 0 Å². The van der Waals surface area contributed by atoms with Crippen LogP contribution in [0.2, 0.25) is 0 Å². The number of ether oxygens (including phenoxy) is 3. The first-order chi connectivity index (χ1) is 12.7. The first-order valence-corrected chi connectivity index (χ1v) is 9.27. The van der Waals surface area contributed by atoms with Crippen molar-refractivity contribution in [1.29, 1.82) is 0 Å². The quantitative estimate of drug-likeness (QED) is 0.821. The van der Waals surface area contributed by atoms with Gasteiger partial charge >= 0.3 is 0 Å². The zero-order chi connectivity index (χ0) is 17.8. The topological polar surface area (TPSA) is 48.8 Å². The SMILES string of the molecule is COc1ccc(CN2CCOC[C@@]3(C[C@@H](Cn4ccnc4)CO3)C2)cc1. The Hall–Kier alpha value is -1.89. The zero-order valence-corrected chi connectivity index (χ0v) is 15.3. The van der Waals surface area contributed by atoms with Crippen LogP contribution in [0.1, 0.15) is 12.0 Å². The molecule has 26 heavy (non-hydrogen) atoms. The Bertz CT molecular complexity index is 689. The summed E-state index contributed by atoms with van der Waals surface area (Å²) in [6.45, 7) is 5.95. The third-order valence-corrected chi connectivity index (χ3v) is 5.31. The average Bonchev–Trinajstić information content (AvgIpc) is 3.25. The lowest BCUT2D eigenvalue weighted by atomic mass is 9.94. The van der Waals surface area contributed by atoms with Crippen LogP contribution in [0, 0.1) is 5.92 Å². The molecule has 0 aliphatic carbocycles. The van der Waals surface area contributed by atoms with Crippen molar-refractivity contribution in [2.24, 2.45) is 5.92 Å². The molecule has 0 N–H and O–H groups in total. The standard InChI is InChI=1S/C20H27N3O3/c1-24-19-4-2-17(3-5-19)11-22-8-9-25-15-20(14-22)10-18(13-26-20)12-23-7-6-21-16-23/h2-7,16,18H,8-15H2,1H3/t18-,20+/m0/s1. The lowest BCUT2D eigenvalue weighted by molar-refractivity contribution is -0.0563. The van der Waals surface area contributed by atoms with E-state index in [2.05, 4.69) is 26.6 Å². The summed E-state index contributed by atoms with van der Waals surface area (Å²) in [5, 5.41) is 0. The van der Waals surface area contributed by atoms with Crippen LogP contribution in [0.4, 0.5) is 0 Å². The first kappa shape index (κ1) is 17.5. The van der Waals surface area contributed by atoms with Crippen LogP contribution in [0.15, 0.2) is 43.0 Å². The molecule has 6 nitrogen and oxygen atoms in total. The van der Waals surface area contributed by atoms with Crippen molar-refractivity contribution < 1.29 is 14.2 Å². The number of hydrogen-bond donors (Lipinski definition) is 0. The van der Waals surface area contributed by atoms with E-state index in [-0.39, 0.29) is 5.60 Å². The summed E-state index contributed by atoms with van der Waals surface area (Å²) in [6.07, 6.45) is 6.76. The van der Waals surface area contributed by atoms with Gasteiger partial charge in [-0.3, -0.25) is 4.90 Å². The summed E-state index contributed by atoms with van der Waals surface area (Å²) in [5.74, 6) is 1.40. The summed E-state index contributed by atoms with van der Waals surface area (Å²) in [5.41, 5.74) is 1.10. The van der Waals surface area contributed by atoms with Gasteiger partial charge in [-0.05, 0) is 24.1 Å². The van der Waals surface area contributed by atoms with Crippen molar-refractivity contribution >= 4 is 0 Å². The lowest BCUT2D eigenvalue weighted by Gasteiger charge is -2.31. The Balaban J connectivity index is 1.39. The fourth-order valence-corrected chi connectivity index (χ4v) is 4.07. The minimum atomic E-state index is -0.186. The second kappa shape index (κ2) is 7.78. The van der Waals surface area contributed by atoms with Crippen molar-refractivity contribution in [1.82, 2.24) is 14.5 Å². The maximum atomic E-state index is 6.31. The van der Waals surface area contributed by atoms with Gasteiger partial charge in [-0.1, -0.05) is 12.1 Å². The maximum absolute atomic E-state index is 6.31. The molecule has 2 aliphatic heterocycles. The fraction of sp³-hybridized carbons (Fsp3) is 0.550. The molecule has 2 fully saturated rings. The molecule has 3 heterocycles. The maximum Gasteiger partial charge on any atom is 0.118 e. The van der Waals surface area contributed by atoms with E-state index in [9.17, 15) is 0 Å². The third kappa shape index (κ3) is 4.09. The van der Waals surface area contributed by atoms with E-state index in [0.29, 0.717) is 12.5 Å². The van der Waals surface area contributed by atoms with Gasteiger partial charge < -0.3 is 18.8 Å². The molecule has 0 saturated carbocycles. The van der Waals surface area contributed by atoms with E-state index < -0.39 is 0 Å². The number of nitrogens with zero attached hydrogens (tertiary/aromatic N) is 3. The average molecular weight is 357 g/mol. The van der Waals surface area contributed by atoms with Crippen LogP contribution >= 0.6 is 0 Å². The first-order valence-electron chi connectivity index (χ1n) is 9.27. The molecule has 2 atom stereocenters. The number of benzene rings is 1. The molecule has 2 aromatic rings. The predicted octanol–water partition coefficient (Wildman–Crippen LogP) is 2.20. The normalized spacial score (nSPS) is 26.9. The molecule has 1 aromatic carbocycles. The molecule has 1 spiro atoms. The minimum absolute atomic E-state index is 0.186. The number of hydrogen-bond acceptors (Lipinski definition) is 5. The minimum Gasteiger partial charge on any atom is -0.497 e. The Labute approximate surface area is 154 Å². The Kier molecular flexibility index (Phi) is 5.24. The van der Waals surface area contributed by atoms with Gasteiger partial charge in [-0.15, -0.1) is 0 Å². The molecule has 6 heteroatoms. The van der Waals surface area contributed by atoms with Crippen molar-refractivity contribution in [3.8, 4) is 5.75 Å². The fourth-order valence-electron chi connectivity index (χ4n) is 4.07. The molecule has 0 amide bonds. The highest BCUT2D eigenvalue weighted by Crippen LogP contribution is 2.34. The molecule has 1 aromatic heterocycles. The molecule has 0 bridgehead atoms. The zero-order valence-electron chi connectivity index (χ0n) is 15.3. The molecule has 0 unspecified atom stereocenters. The van der Waals surface area contributed by atoms with Crippen LogP contribution in [-0.2, 0) is 22.6 Å². The van der Waals surface area contributed by atoms with Gasteiger partial charge in [0.1, 0.15) is 11.4 Å². The largest absolute Gasteiger partial charge is 0.497 e. The molecule has 140 valence electrons. The van der Waals surface area contributed by atoms with Crippen LogP contribution in [0.5, 0.6) is 5.75 Å². The monoisotopic (exact) mass is 357 g/mol. The molecule has 2 aliphatic rings. The molecule has 2 saturated heterocycles. The van der Waals surface area contributed by atoms with Crippen molar-refractivity contribution in [2.45, 2.75) is 25.1 Å². The van der Waals surface area contributed by atoms with E-state index in [1.165, 1.54) is 5.56 Å². The van der Waals surface area contributed by atoms with Gasteiger partial charge in [0.25, 0.3) is 0 Å². The van der Waals surface area contributed by atoms with Gasteiger partial charge in [-0.25, -0.2) is 4.98 Å². The molecular weight excluding hydrogens is 330 g/mol. The van der Waals surface area contributed by atoms with Gasteiger partial charge in [-0.2, -0.15) is 0 Å². The predicted molar refractivity (Wildman–Crippen MR) is 98.1 cm³/mol. The van der Waals surface area contributed by atoms with E-state index in [0.717, 1.165) is 51.6 Å². The van der Waals surface area contributed by atoms with Gasteiger partial charge in [0, 0.05) is 44.5 Å². The van der Waals surface area contributed by atoms with E-state index in [1.54, 1.807) is 7.11 Å². The third-order valence-electron chi connectivity index (χ3n) is 5.31. The summed E-state index contributed by atoms with van der Waals surface area (Å²) >= 11 is 0. The summed E-state index contributed by atoms with van der Waals surface area (Å²) < 4.78 is 19.6. The van der Waals surface area contributed by atoms with Crippen LogP contribution in [-0.4, -0.2) is 60.1 Å². The Morgan fingerprint density at radius 3 is 2.96 bits per heavy atom. The summed E-state index contributed by atoms with van der Waals surface area (Å²) in [6, 6.07) is 8.31. The lowest BCUT2D eigenvalue weighted by Crippen LogP contribution is -2.43. The van der Waals surface area contributed by atoms with Crippen molar-refractivity contribution in [3.05, 3.63) is 48.5 Å². The number of rotatable bonds is 5. The number of aromatic nitrogens is 2. The van der Waals surface area contributed by atoms with Crippen LogP contribution in [0.3, 0.4) is 0 Å². The second-order valence-electron chi connectivity index (χ2n) is 7.43. The second-order valence-corrected chi connectivity index (χ2v) is 7.43. The van der Waals surface area contributed by atoms with Crippen molar-refractivity contribution in [2.75, 3.05) is 40.0 Å². The molecular formula is C20H27N3O3. The number of imidazole rings is 1. The Morgan fingerprint density at radius 1 is 1.31 bits per heavy atom. The van der Waals surface area contributed by atoms with Crippen LogP contribution < -0.4 is 4.74 Å². The van der Waals surface area contributed by atoms with E-state index >= 15 is 0 Å². The van der Waals surface area contributed by atoms with Gasteiger partial charge in [0.15, 0.2) is 0 Å². The van der Waals surface area contributed by atoms with Crippen LogP contribution in [0.25, 0.3) is 0 Å². The number of methoxy groups -OCH3 is 1. The Morgan fingerprint density at radius 2 is 2.19 bits per heavy atom. The molecule has 4 rings (SSSR count). The highest BCUT2D eigenvalue weighted by atomic mass is 16.5. The van der Waals surface area contributed by atoms with Gasteiger partial charge in [0.05, 0.1) is 33.3 Å². The summed E-state index contributed by atoms with van der Waals surface area (Å²) in [7, 11) is 1.70. The van der Waals surface area contributed by atoms with Gasteiger partial charge in [0.2, 0.25) is 0 Å². The van der Waals surface area contributed by atoms with E-state index in [1.807, 2.05) is 30.9 Å². The van der Waals surface area contributed by atoms with E-state index in [4.69, 9.17) is 14.2 Å². The molecule has 0 radical (unpaired) electrons. The highest BCUT2D eigenvalue weighted by molar-refractivity contribution is 5.27. The highest BCUT2D eigenvalue weighted by Gasteiger charge is 2.43.